The predicted octanol–water partition coefficient (Wildman–Crippen LogP) is 3.54. The number of hydrogen-bond donors (Lipinski definition) is 2. The fourth-order valence-corrected chi connectivity index (χ4v) is 1.87. The molecule has 0 aliphatic rings. The normalized spacial score (nSPS) is 11.2. The van der Waals surface area contributed by atoms with Crippen LogP contribution in [0.25, 0.3) is 0 Å². The van der Waals surface area contributed by atoms with Gasteiger partial charge in [-0.3, -0.25) is 0 Å². The van der Waals surface area contributed by atoms with E-state index in [9.17, 15) is 0 Å². The molecular weight excluding hydrogens is 184 g/mol. The van der Waals surface area contributed by atoms with Crippen molar-refractivity contribution in [2.24, 2.45) is 11.5 Å². The van der Waals surface area contributed by atoms with E-state index in [-0.39, 0.29) is 6.17 Å². The molecule has 0 amide bonds. The van der Waals surface area contributed by atoms with Crippen LogP contribution in [0.4, 0.5) is 0 Å². The molecule has 2 heteroatoms. The molecule has 0 radical (unpaired) electrons. The SMILES string of the molecule is CCCCCCCCCCCCC(N)N. The zero-order valence-electron chi connectivity index (χ0n) is 10.5. The maximum atomic E-state index is 5.48. The molecule has 0 spiro atoms. The Morgan fingerprint density at radius 1 is 0.667 bits per heavy atom. The lowest BCUT2D eigenvalue weighted by Crippen LogP contribution is -2.29. The van der Waals surface area contributed by atoms with Gasteiger partial charge in [0.15, 0.2) is 0 Å². The first-order chi connectivity index (χ1) is 7.27. The summed E-state index contributed by atoms with van der Waals surface area (Å²) in [4.78, 5) is 0. The number of hydrogen-bond acceptors (Lipinski definition) is 2. The van der Waals surface area contributed by atoms with Crippen LogP contribution in [0.1, 0.15) is 77.6 Å². The Labute approximate surface area is 95.8 Å². The van der Waals surface area contributed by atoms with Gasteiger partial charge < -0.3 is 11.5 Å². The van der Waals surface area contributed by atoms with Crippen molar-refractivity contribution < 1.29 is 0 Å². The summed E-state index contributed by atoms with van der Waals surface area (Å²) in [6, 6.07) is 0. The lowest BCUT2D eigenvalue weighted by molar-refractivity contribution is 0.527. The van der Waals surface area contributed by atoms with E-state index in [1.165, 1.54) is 64.2 Å². The van der Waals surface area contributed by atoms with Crippen molar-refractivity contribution in [3.8, 4) is 0 Å². The Bertz CT molecular complexity index is 113. The van der Waals surface area contributed by atoms with Gasteiger partial charge in [0, 0.05) is 0 Å². The van der Waals surface area contributed by atoms with Crippen molar-refractivity contribution in [2.75, 3.05) is 0 Å². The summed E-state index contributed by atoms with van der Waals surface area (Å²) in [6.45, 7) is 2.27. The zero-order valence-corrected chi connectivity index (χ0v) is 10.5. The average Bonchev–Trinajstić information content (AvgIpc) is 2.20. The third-order valence-electron chi connectivity index (χ3n) is 2.89. The second-order valence-electron chi connectivity index (χ2n) is 4.63. The molecule has 0 aromatic rings. The fourth-order valence-electron chi connectivity index (χ4n) is 1.87. The van der Waals surface area contributed by atoms with Gasteiger partial charge in [-0.25, -0.2) is 0 Å². The molecule has 0 heterocycles. The largest absolute Gasteiger partial charge is 0.316 e. The molecule has 0 bridgehead atoms. The first-order valence-electron chi connectivity index (χ1n) is 6.78. The van der Waals surface area contributed by atoms with Crippen LogP contribution in [0.2, 0.25) is 0 Å². The summed E-state index contributed by atoms with van der Waals surface area (Å²) in [5, 5.41) is 0. The minimum absolute atomic E-state index is 0.0981. The van der Waals surface area contributed by atoms with Crippen molar-refractivity contribution in [1.82, 2.24) is 0 Å². The van der Waals surface area contributed by atoms with E-state index < -0.39 is 0 Å². The van der Waals surface area contributed by atoms with Gasteiger partial charge in [0.2, 0.25) is 0 Å². The third-order valence-corrected chi connectivity index (χ3v) is 2.89. The van der Waals surface area contributed by atoms with Crippen LogP contribution in [0.3, 0.4) is 0 Å². The summed E-state index contributed by atoms with van der Waals surface area (Å²) < 4.78 is 0. The topological polar surface area (TPSA) is 52.0 Å². The molecule has 0 atom stereocenters. The van der Waals surface area contributed by atoms with E-state index >= 15 is 0 Å². The highest BCUT2D eigenvalue weighted by Crippen LogP contribution is 2.11. The highest BCUT2D eigenvalue weighted by molar-refractivity contribution is 4.52. The molecule has 0 aliphatic carbocycles. The molecular formula is C13H30N2. The van der Waals surface area contributed by atoms with Crippen LogP contribution in [0.5, 0.6) is 0 Å². The molecule has 2 nitrogen and oxygen atoms in total. The maximum Gasteiger partial charge on any atom is 0.0520 e. The van der Waals surface area contributed by atoms with Gasteiger partial charge in [0.05, 0.1) is 6.17 Å². The van der Waals surface area contributed by atoms with Crippen LogP contribution in [0.15, 0.2) is 0 Å². The molecule has 4 N–H and O–H groups in total. The van der Waals surface area contributed by atoms with Gasteiger partial charge >= 0.3 is 0 Å². The minimum Gasteiger partial charge on any atom is -0.316 e. The molecule has 0 unspecified atom stereocenters. The van der Waals surface area contributed by atoms with Crippen molar-refractivity contribution in [2.45, 2.75) is 83.7 Å². The summed E-state index contributed by atoms with van der Waals surface area (Å²) in [5.41, 5.74) is 11.0. The molecule has 15 heavy (non-hydrogen) atoms. The summed E-state index contributed by atoms with van der Waals surface area (Å²) >= 11 is 0. The summed E-state index contributed by atoms with van der Waals surface area (Å²) in [5.74, 6) is 0. The Hall–Kier alpha value is -0.0800. The van der Waals surface area contributed by atoms with E-state index in [0.717, 1.165) is 6.42 Å². The number of unbranched alkanes of at least 4 members (excludes halogenated alkanes) is 9. The van der Waals surface area contributed by atoms with Crippen LogP contribution in [-0.4, -0.2) is 6.17 Å². The molecule has 0 aromatic heterocycles. The Kier molecular flexibility index (Phi) is 11.9. The summed E-state index contributed by atoms with van der Waals surface area (Å²) in [7, 11) is 0. The molecule has 0 fully saturated rings. The van der Waals surface area contributed by atoms with Gasteiger partial charge in [0.1, 0.15) is 0 Å². The van der Waals surface area contributed by atoms with Crippen LogP contribution >= 0.6 is 0 Å². The smallest absolute Gasteiger partial charge is 0.0520 e. The quantitative estimate of drug-likeness (QED) is 0.408. The van der Waals surface area contributed by atoms with Crippen molar-refractivity contribution in [3.63, 3.8) is 0 Å². The van der Waals surface area contributed by atoms with E-state index in [2.05, 4.69) is 6.92 Å². The zero-order chi connectivity index (χ0) is 11.4. The van der Waals surface area contributed by atoms with Gasteiger partial charge in [-0.2, -0.15) is 0 Å². The third kappa shape index (κ3) is 13.9. The number of nitrogens with two attached hydrogens (primary N) is 2. The molecule has 92 valence electrons. The second-order valence-corrected chi connectivity index (χ2v) is 4.63. The minimum atomic E-state index is -0.0981. The highest BCUT2D eigenvalue weighted by Gasteiger charge is 1.95. The van der Waals surface area contributed by atoms with E-state index in [4.69, 9.17) is 11.5 Å². The fraction of sp³-hybridized carbons (Fsp3) is 1.00. The average molecular weight is 214 g/mol. The van der Waals surface area contributed by atoms with Crippen molar-refractivity contribution >= 4 is 0 Å². The van der Waals surface area contributed by atoms with Crippen LogP contribution in [-0.2, 0) is 0 Å². The van der Waals surface area contributed by atoms with Crippen molar-refractivity contribution in [3.05, 3.63) is 0 Å². The van der Waals surface area contributed by atoms with Gasteiger partial charge in [-0.15, -0.1) is 0 Å². The molecule has 0 aliphatic heterocycles. The maximum absolute atomic E-state index is 5.48. The van der Waals surface area contributed by atoms with Gasteiger partial charge in [0.25, 0.3) is 0 Å². The van der Waals surface area contributed by atoms with Gasteiger partial charge in [-0.05, 0) is 6.42 Å². The monoisotopic (exact) mass is 214 g/mol. The predicted molar refractivity (Wildman–Crippen MR) is 68.6 cm³/mol. The van der Waals surface area contributed by atoms with Crippen LogP contribution < -0.4 is 11.5 Å². The highest BCUT2D eigenvalue weighted by atomic mass is 14.8. The first kappa shape index (κ1) is 14.9. The van der Waals surface area contributed by atoms with E-state index in [1.54, 1.807) is 0 Å². The second kappa shape index (κ2) is 12.0. The number of rotatable bonds is 11. The molecule has 0 saturated carbocycles. The summed E-state index contributed by atoms with van der Waals surface area (Å²) in [6.07, 6.45) is 14.6. The Morgan fingerprint density at radius 2 is 1.07 bits per heavy atom. The van der Waals surface area contributed by atoms with Crippen molar-refractivity contribution in [1.29, 1.82) is 0 Å². The van der Waals surface area contributed by atoms with Crippen LogP contribution in [0, 0.1) is 0 Å². The lowest BCUT2D eigenvalue weighted by atomic mass is 10.1. The Morgan fingerprint density at radius 3 is 1.47 bits per heavy atom. The standard InChI is InChI=1S/C13H30N2/c1-2-3-4-5-6-7-8-9-10-11-12-13(14)15/h13H,2-12,14-15H2,1H3. The molecule has 0 saturated heterocycles. The first-order valence-corrected chi connectivity index (χ1v) is 6.78. The lowest BCUT2D eigenvalue weighted by Gasteiger charge is -2.04. The molecule has 0 aromatic carbocycles. The van der Waals surface area contributed by atoms with E-state index in [0.29, 0.717) is 0 Å². The Balaban J connectivity index is 2.87. The van der Waals surface area contributed by atoms with Gasteiger partial charge in [-0.1, -0.05) is 71.1 Å². The molecule has 0 rings (SSSR count). The van der Waals surface area contributed by atoms with E-state index in [1.807, 2.05) is 0 Å².